The Kier molecular flexibility index (Phi) is 2.76. The molecule has 0 spiro atoms. The largest absolute Gasteiger partial charge is 0.397 e. The number of pyridine rings is 1. The number of nitrogens with one attached hydrogen (secondary N) is 1. The van der Waals surface area contributed by atoms with Gasteiger partial charge in [0.2, 0.25) is 0 Å². The predicted octanol–water partition coefficient (Wildman–Crippen LogP) is 1.88. The van der Waals surface area contributed by atoms with Gasteiger partial charge in [0.05, 0.1) is 23.3 Å². The van der Waals surface area contributed by atoms with Crippen LogP contribution in [-0.2, 0) is 6.54 Å². The average Bonchev–Trinajstić information content (AvgIpc) is 2.56. The van der Waals surface area contributed by atoms with Gasteiger partial charge in [0.25, 0.3) is 0 Å². The lowest BCUT2D eigenvalue weighted by Gasteiger charge is -2.05. The summed E-state index contributed by atoms with van der Waals surface area (Å²) in [6, 6.07) is 1.84. The zero-order valence-corrected chi connectivity index (χ0v) is 9.32. The van der Waals surface area contributed by atoms with Crippen molar-refractivity contribution in [2.24, 2.45) is 0 Å². The van der Waals surface area contributed by atoms with Crippen molar-refractivity contribution in [2.45, 2.75) is 20.4 Å². The first-order valence-electron chi connectivity index (χ1n) is 5.03. The zero-order valence-electron chi connectivity index (χ0n) is 9.32. The van der Waals surface area contributed by atoms with Crippen molar-refractivity contribution in [2.75, 3.05) is 11.1 Å². The van der Waals surface area contributed by atoms with Crippen molar-refractivity contribution in [3.63, 3.8) is 0 Å². The van der Waals surface area contributed by atoms with Crippen LogP contribution in [-0.4, -0.2) is 10.1 Å². The Morgan fingerprint density at radius 2 is 2.19 bits per heavy atom. The van der Waals surface area contributed by atoms with Crippen LogP contribution in [0.15, 0.2) is 23.0 Å². The number of hydrogen-bond donors (Lipinski definition) is 2. The summed E-state index contributed by atoms with van der Waals surface area (Å²) in [6.45, 7) is 4.48. The maximum Gasteiger partial charge on any atom is 0.138 e. The Bertz CT molecular complexity index is 473. The van der Waals surface area contributed by atoms with E-state index in [1.165, 1.54) is 0 Å². The van der Waals surface area contributed by atoms with Crippen molar-refractivity contribution in [1.82, 2.24) is 10.1 Å². The summed E-state index contributed by atoms with van der Waals surface area (Å²) in [4.78, 5) is 4.00. The Balaban J connectivity index is 2.08. The number of rotatable bonds is 3. The summed E-state index contributed by atoms with van der Waals surface area (Å²) < 4.78 is 5.08. The molecule has 0 fully saturated rings. The highest BCUT2D eigenvalue weighted by atomic mass is 16.5. The molecule has 0 saturated carbocycles. The van der Waals surface area contributed by atoms with E-state index in [0.717, 1.165) is 22.7 Å². The number of nitrogens with two attached hydrogens (primary N) is 1. The highest BCUT2D eigenvalue weighted by Crippen LogP contribution is 2.15. The topological polar surface area (TPSA) is 77.0 Å². The molecular formula is C11H14N4O. The molecule has 0 aromatic carbocycles. The van der Waals surface area contributed by atoms with E-state index < -0.39 is 0 Å². The number of anilines is 2. The van der Waals surface area contributed by atoms with Crippen LogP contribution in [0.5, 0.6) is 0 Å². The lowest BCUT2D eigenvalue weighted by molar-refractivity contribution is 0.392. The Labute approximate surface area is 93.7 Å². The molecule has 2 aromatic heterocycles. The van der Waals surface area contributed by atoms with Crippen LogP contribution in [0, 0.1) is 13.8 Å². The van der Waals surface area contributed by atoms with Crippen molar-refractivity contribution in [1.29, 1.82) is 0 Å². The van der Waals surface area contributed by atoms with Crippen LogP contribution in [0.2, 0.25) is 0 Å². The minimum atomic E-state index is 0.642. The number of hydrogen-bond acceptors (Lipinski definition) is 5. The van der Waals surface area contributed by atoms with Gasteiger partial charge < -0.3 is 15.6 Å². The first-order chi connectivity index (χ1) is 7.66. The Morgan fingerprint density at radius 3 is 2.81 bits per heavy atom. The Hall–Kier alpha value is -2.04. The second-order valence-corrected chi connectivity index (χ2v) is 3.66. The van der Waals surface area contributed by atoms with Crippen LogP contribution >= 0.6 is 0 Å². The molecule has 0 radical (unpaired) electrons. The molecule has 0 atom stereocenters. The summed E-state index contributed by atoms with van der Waals surface area (Å²) in [7, 11) is 0. The van der Waals surface area contributed by atoms with E-state index in [2.05, 4.69) is 15.5 Å². The molecule has 5 heteroatoms. The molecule has 3 N–H and O–H groups in total. The van der Waals surface area contributed by atoms with Gasteiger partial charge in [0.15, 0.2) is 0 Å². The maximum atomic E-state index is 5.63. The fourth-order valence-corrected chi connectivity index (χ4v) is 1.50. The molecule has 0 aliphatic carbocycles. The fraction of sp³-hybridized carbons (Fsp3) is 0.273. The van der Waals surface area contributed by atoms with Gasteiger partial charge in [-0.1, -0.05) is 5.16 Å². The molecule has 0 bridgehead atoms. The molecule has 16 heavy (non-hydrogen) atoms. The van der Waals surface area contributed by atoms with Gasteiger partial charge in [-0.3, -0.25) is 4.98 Å². The summed E-state index contributed by atoms with van der Waals surface area (Å²) >= 11 is 0. The van der Waals surface area contributed by atoms with E-state index in [9.17, 15) is 0 Å². The Morgan fingerprint density at radius 1 is 1.38 bits per heavy atom. The van der Waals surface area contributed by atoms with Crippen LogP contribution in [0.3, 0.4) is 0 Å². The minimum Gasteiger partial charge on any atom is -0.397 e. The van der Waals surface area contributed by atoms with Crippen molar-refractivity contribution in [3.8, 4) is 0 Å². The van der Waals surface area contributed by atoms with Crippen LogP contribution in [0.25, 0.3) is 0 Å². The molecular weight excluding hydrogens is 204 g/mol. The predicted molar refractivity (Wildman–Crippen MR) is 62.0 cm³/mol. The number of aryl methyl sites for hydroxylation is 2. The van der Waals surface area contributed by atoms with E-state index in [0.29, 0.717) is 12.2 Å². The summed E-state index contributed by atoms with van der Waals surface area (Å²) in [5.41, 5.74) is 9.14. The third kappa shape index (κ3) is 2.13. The van der Waals surface area contributed by atoms with Crippen molar-refractivity contribution in [3.05, 3.63) is 35.5 Å². The summed E-state index contributed by atoms with van der Waals surface area (Å²) in [6.07, 6.45) is 3.34. The highest BCUT2D eigenvalue weighted by Gasteiger charge is 2.08. The van der Waals surface area contributed by atoms with Crippen molar-refractivity contribution < 1.29 is 4.52 Å². The number of nitrogen functional groups attached to an aromatic ring is 1. The lowest BCUT2D eigenvalue weighted by atomic mass is 10.2. The average molecular weight is 218 g/mol. The van der Waals surface area contributed by atoms with Gasteiger partial charge in [-0.05, 0) is 19.9 Å². The van der Waals surface area contributed by atoms with Gasteiger partial charge in [0, 0.05) is 18.3 Å². The molecule has 2 aromatic rings. The van der Waals surface area contributed by atoms with Gasteiger partial charge in [-0.2, -0.15) is 0 Å². The monoisotopic (exact) mass is 218 g/mol. The molecule has 2 rings (SSSR count). The highest BCUT2D eigenvalue weighted by molar-refractivity contribution is 5.51. The SMILES string of the molecule is Cc1noc(C)c1CNc1cncc(N)c1. The molecule has 84 valence electrons. The van der Waals surface area contributed by atoms with E-state index in [1.807, 2.05) is 19.9 Å². The smallest absolute Gasteiger partial charge is 0.138 e. The lowest BCUT2D eigenvalue weighted by Crippen LogP contribution is -2.02. The standard InChI is InChI=1S/C11H14N4O/c1-7-11(8(2)16-15-7)6-14-10-3-9(12)4-13-5-10/h3-5,14H,6,12H2,1-2H3. The molecule has 0 unspecified atom stereocenters. The molecule has 0 aliphatic heterocycles. The van der Waals surface area contributed by atoms with Gasteiger partial charge in [0.1, 0.15) is 5.76 Å². The van der Waals surface area contributed by atoms with Crippen molar-refractivity contribution >= 4 is 11.4 Å². The first-order valence-corrected chi connectivity index (χ1v) is 5.03. The quantitative estimate of drug-likeness (QED) is 0.822. The van der Waals surface area contributed by atoms with Crippen LogP contribution < -0.4 is 11.1 Å². The summed E-state index contributed by atoms with van der Waals surface area (Å²) in [5, 5.41) is 7.12. The molecule has 0 saturated heterocycles. The second kappa shape index (κ2) is 4.22. The number of aromatic nitrogens is 2. The molecule has 5 nitrogen and oxygen atoms in total. The number of nitrogens with zero attached hydrogens (tertiary/aromatic N) is 2. The first kappa shape index (κ1) is 10.5. The van der Waals surface area contributed by atoms with E-state index >= 15 is 0 Å². The molecule has 0 amide bonds. The fourth-order valence-electron chi connectivity index (χ4n) is 1.50. The minimum absolute atomic E-state index is 0.642. The van der Waals surface area contributed by atoms with E-state index in [1.54, 1.807) is 12.4 Å². The van der Waals surface area contributed by atoms with E-state index in [4.69, 9.17) is 10.3 Å². The second-order valence-electron chi connectivity index (χ2n) is 3.66. The third-order valence-corrected chi connectivity index (χ3v) is 2.41. The molecule has 2 heterocycles. The van der Waals surface area contributed by atoms with Gasteiger partial charge in [-0.25, -0.2) is 0 Å². The molecule has 0 aliphatic rings. The third-order valence-electron chi connectivity index (χ3n) is 2.41. The maximum absolute atomic E-state index is 5.63. The normalized spacial score (nSPS) is 10.4. The van der Waals surface area contributed by atoms with Gasteiger partial charge in [-0.15, -0.1) is 0 Å². The van der Waals surface area contributed by atoms with Gasteiger partial charge >= 0.3 is 0 Å². The van der Waals surface area contributed by atoms with Crippen LogP contribution in [0.4, 0.5) is 11.4 Å². The van der Waals surface area contributed by atoms with Crippen LogP contribution in [0.1, 0.15) is 17.0 Å². The van der Waals surface area contributed by atoms with E-state index in [-0.39, 0.29) is 0 Å². The zero-order chi connectivity index (χ0) is 11.5. The summed E-state index contributed by atoms with van der Waals surface area (Å²) in [5.74, 6) is 0.835.